The molecule has 0 rings (SSSR count). The lowest BCUT2D eigenvalue weighted by Crippen LogP contribution is -2.27. The molecular weight excluding hydrogens is 212 g/mol. The Morgan fingerprint density at radius 3 is 2.00 bits per heavy atom. The van der Waals surface area contributed by atoms with Gasteiger partial charge in [0.05, 0.1) is 13.2 Å². The molecule has 2 heteroatoms. The molecule has 0 amide bonds. The zero-order chi connectivity index (χ0) is 13.0. The van der Waals surface area contributed by atoms with Gasteiger partial charge in [-0.25, -0.2) is 0 Å². The van der Waals surface area contributed by atoms with Gasteiger partial charge < -0.3 is 10.2 Å². The number of rotatable bonds is 11. The highest BCUT2D eigenvalue weighted by atomic mass is 16.3. The lowest BCUT2D eigenvalue weighted by atomic mass is 9.83. The minimum atomic E-state index is -0.388. The van der Waals surface area contributed by atoms with Crippen LogP contribution in [0.4, 0.5) is 0 Å². The van der Waals surface area contributed by atoms with E-state index in [1.54, 1.807) is 0 Å². The Bertz CT molecular complexity index is 183. The molecule has 0 atom stereocenters. The largest absolute Gasteiger partial charge is 0.395 e. The number of hydrogen-bond acceptors (Lipinski definition) is 2. The van der Waals surface area contributed by atoms with Gasteiger partial charge in [-0.05, 0) is 19.3 Å². The molecule has 102 valence electrons. The van der Waals surface area contributed by atoms with Gasteiger partial charge in [-0.3, -0.25) is 0 Å². The molecule has 0 aliphatic heterocycles. The molecule has 0 aromatic carbocycles. The van der Waals surface area contributed by atoms with Gasteiger partial charge in [0.25, 0.3) is 0 Å². The molecule has 0 aromatic heterocycles. The van der Waals surface area contributed by atoms with E-state index in [0.717, 1.165) is 19.3 Å². The van der Waals surface area contributed by atoms with Crippen molar-refractivity contribution in [1.82, 2.24) is 0 Å². The summed E-state index contributed by atoms with van der Waals surface area (Å²) in [5, 5.41) is 18.9. The van der Waals surface area contributed by atoms with E-state index in [4.69, 9.17) is 0 Å². The first-order valence-electron chi connectivity index (χ1n) is 7.14. The van der Waals surface area contributed by atoms with Crippen molar-refractivity contribution in [3.8, 4) is 0 Å². The van der Waals surface area contributed by atoms with Crippen molar-refractivity contribution in [2.24, 2.45) is 5.41 Å². The summed E-state index contributed by atoms with van der Waals surface area (Å²) in [7, 11) is 0. The van der Waals surface area contributed by atoms with Crippen LogP contribution in [0.3, 0.4) is 0 Å². The van der Waals surface area contributed by atoms with E-state index < -0.39 is 0 Å². The van der Waals surface area contributed by atoms with Gasteiger partial charge >= 0.3 is 0 Å². The van der Waals surface area contributed by atoms with Crippen LogP contribution in [0.2, 0.25) is 0 Å². The normalized spacial score (nSPS) is 12.5. The molecule has 0 unspecified atom stereocenters. The summed E-state index contributed by atoms with van der Waals surface area (Å²) in [4.78, 5) is 0. The number of hydrogen-bond donors (Lipinski definition) is 2. The van der Waals surface area contributed by atoms with Gasteiger partial charge in [0.2, 0.25) is 0 Å². The average molecular weight is 242 g/mol. The molecule has 0 saturated heterocycles. The Morgan fingerprint density at radius 1 is 0.882 bits per heavy atom. The Hall–Kier alpha value is -0.340. The van der Waals surface area contributed by atoms with Crippen LogP contribution in [-0.2, 0) is 0 Å². The van der Waals surface area contributed by atoms with Crippen molar-refractivity contribution in [3.05, 3.63) is 12.2 Å². The standard InChI is InChI=1S/C15H30O2/c1-3-5-7-8-10-12-15(13-16,14-17)11-9-6-4-2/h10,12,16-17H,3-9,11,13-14H2,1-2H3/b12-10+. The van der Waals surface area contributed by atoms with Crippen LogP contribution in [0, 0.1) is 5.41 Å². The molecule has 0 fully saturated rings. The summed E-state index contributed by atoms with van der Waals surface area (Å²) in [6, 6.07) is 0. The van der Waals surface area contributed by atoms with Crippen LogP contribution >= 0.6 is 0 Å². The molecule has 2 nitrogen and oxygen atoms in total. The van der Waals surface area contributed by atoms with Crippen molar-refractivity contribution in [3.63, 3.8) is 0 Å². The number of aliphatic hydroxyl groups excluding tert-OH is 2. The molecule has 0 aliphatic rings. The van der Waals surface area contributed by atoms with Crippen molar-refractivity contribution in [2.45, 2.75) is 65.2 Å². The van der Waals surface area contributed by atoms with Gasteiger partial charge in [-0.1, -0.05) is 58.1 Å². The number of allylic oxidation sites excluding steroid dienone is 1. The smallest absolute Gasteiger partial charge is 0.0544 e. The van der Waals surface area contributed by atoms with E-state index in [2.05, 4.69) is 19.9 Å². The zero-order valence-corrected chi connectivity index (χ0v) is 11.6. The lowest BCUT2D eigenvalue weighted by molar-refractivity contribution is 0.0839. The predicted molar refractivity (Wildman–Crippen MR) is 74.0 cm³/mol. The van der Waals surface area contributed by atoms with Crippen LogP contribution < -0.4 is 0 Å². The maximum absolute atomic E-state index is 9.47. The van der Waals surface area contributed by atoms with Gasteiger partial charge in [0, 0.05) is 5.41 Å². The van der Waals surface area contributed by atoms with E-state index in [9.17, 15) is 10.2 Å². The molecule has 0 spiro atoms. The summed E-state index contributed by atoms with van der Waals surface area (Å²) >= 11 is 0. The van der Waals surface area contributed by atoms with Crippen LogP contribution in [0.25, 0.3) is 0 Å². The maximum atomic E-state index is 9.47. The van der Waals surface area contributed by atoms with Crippen LogP contribution in [0.1, 0.15) is 65.2 Å². The van der Waals surface area contributed by atoms with Gasteiger partial charge in [-0.15, -0.1) is 0 Å². The second-order valence-corrected chi connectivity index (χ2v) is 5.03. The topological polar surface area (TPSA) is 40.5 Å². The molecule has 0 saturated carbocycles. The molecule has 17 heavy (non-hydrogen) atoms. The summed E-state index contributed by atoms with van der Waals surface area (Å²) in [5.41, 5.74) is -0.388. The Labute approximate surface area is 107 Å². The SMILES string of the molecule is CCCCC/C=C/C(CO)(CO)CCCCC. The fraction of sp³-hybridized carbons (Fsp3) is 0.867. The zero-order valence-electron chi connectivity index (χ0n) is 11.6. The third-order valence-electron chi connectivity index (χ3n) is 3.35. The summed E-state index contributed by atoms with van der Waals surface area (Å²) in [6.45, 7) is 4.47. The Kier molecular flexibility index (Phi) is 10.6. The minimum Gasteiger partial charge on any atom is -0.395 e. The van der Waals surface area contributed by atoms with Gasteiger partial charge in [-0.2, -0.15) is 0 Å². The molecule has 0 heterocycles. The Balaban J connectivity index is 4.09. The van der Waals surface area contributed by atoms with Crippen molar-refractivity contribution < 1.29 is 10.2 Å². The first-order valence-corrected chi connectivity index (χ1v) is 7.14. The average Bonchev–Trinajstić information content (AvgIpc) is 2.37. The summed E-state index contributed by atoms with van der Waals surface area (Å²) in [5.74, 6) is 0. The molecule has 0 aromatic rings. The quantitative estimate of drug-likeness (QED) is 0.428. The van der Waals surface area contributed by atoms with Gasteiger partial charge in [0.1, 0.15) is 0 Å². The third-order valence-corrected chi connectivity index (χ3v) is 3.35. The van der Waals surface area contributed by atoms with E-state index in [1.807, 2.05) is 6.08 Å². The summed E-state index contributed by atoms with van der Waals surface area (Å²) in [6.07, 6.45) is 13.2. The van der Waals surface area contributed by atoms with Crippen molar-refractivity contribution in [1.29, 1.82) is 0 Å². The molecule has 2 N–H and O–H groups in total. The molecule has 0 aliphatic carbocycles. The van der Waals surface area contributed by atoms with Crippen LogP contribution in [-0.4, -0.2) is 23.4 Å². The number of aliphatic hydroxyl groups is 2. The first-order chi connectivity index (χ1) is 8.24. The molecule has 0 radical (unpaired) electrons. The number of unbranched alkanes of at least 4 members (excludes halogenated alkanes) is 5. The highest BCUT2D eigenvalue weighted by Gasteiger charge is 2.24. The maximum Gasteiger partial charge on any atom is 0.0544 e. The highest BCUT2D eigenvalue weighted by Crippen LogP contribution is 2.26. The van der Waals surface area contributed by atoms with Gasteiger partial charge in [0.15, 0.2) is 0 Å². The van der Waals surface area contributed by atoms with E-state index in [0.29, 0.717) is 0 Å². The predicted octanol–water partition coefficient (Wildman–Crippen LogP) is 3.67. The third kappa shape index (κ3) is 7.56. The van der Waals surface area contributed by atoms with Crippen LogP contribution in [0.15, 0.2) is 12.2 Å². The van der Waals surface area contributed by atoms with E-state index >= 15 is 0 Å². The fourth-order valence-corrected chi connectivity index (χ4v) is 1.97. The van der Waals surface area contributed by atoms with E-state index in [-0.39, 0.29) is 18.6 Å². The monoisotopic (exact) mass is 242 g/mol. The van der Waals surface area contributed by atoms with Crippen molar-refractivity contribution >= 4 is 0 Å². The summed E-state index contributed by atoms with van der Waals surface area (Å²) < 4.78 is 0. The van der Waals surface area contributed by atoms with Crippen LogP contribution in [0.5, 0.6) is 0 Å². The second kappa shape index (κ2) is 10.8. The highest BCUT2D eigenvalue weighted by molar-refractivity contribution is 4.99. The Morgan fingerprint density at radius 2 is 1.47 bits per heavy atom. The first kappa shape index (κ1) is 16.7. The molecular formula is C15H30O2. The van der Waals surface area contributed by atoms with E-state index in [1.165, 1.54) is 32.1 Å². The lowest BCUT2D eigenvalue weighted by Gasteiger charge is -2.26. The van der Waals surface area contributed by atoms with Crippen molar-refractivity contribution in [2.75, 3.05) is 13.2 Å². The second-order valence-electron chi connectivity index (χ2n) is 5.03. The fourth-order valence-electron chi connectivity index (χ4n) is 1.97. The molecule has 0 bridgehead atoms. The minimum absolute atomic E-state index is 0.0531.